The Balaban J connectivity index is 1.64. The van der Waals surface area contributed by atoms with E-state index in [1.807, 2.05) is 72.8 Å². The second-order valence-electron chi connectivity index (χ2n) is 6.07. The third-order valence-electron chi connectivity index (χ3n) is 4.38. The Hall–Kier alpha value is -3.07. The maximum atomic E-state index is 12.5. The molecule has 25 heavy (non-hydrogen) atoms. The van der Waals surface area contributed by atoms with Gasteiger partial charge in [-0.15, -0.1) is 0 Å². The molecule has 2 unspecified atom stereocenters. The molecule has 0 N–H and O–H groups in total. The summed E-state index contributed by atoms with van der Waals surface area (Å²) in [5.41, 5.74) is 2.61. The van der Waals surface area contributed by atoms with Crippen LogP contribution in [-0.4, -0.2) is 12.1 Å². The molecule has 0 spiro atoms. The molecule has 1 heterocycles. The van der Waals surface area contributed by atoms with E-state index in [4.69, 9.17) is 9.47 Å². The van der Waals surface area contributed by atoms with Gasteiger partial charge in [0.25, 0.3) is 0 Å². The highest BCUT2D eigenvalue weighted by molar-refractivity contribution is 5.89. The Bertz CT molecular complexity index is 859. The number of ether oxygens (including phenoxy) is 2. The lowest BCUT2D eigenvalue weighted by molar-refractivity contribution is -0.0182. The van der Waals surface area contributed by atoms with Crippen molar-refractivity contribution in [2.24, 2.45) is 0 Å². The summed E-state index contributed by atoms with van der Waals surface area (Å²) in [5, 5.41) is 0. The van der Waals surface area contributed by atoms with E-state index in [1.54, 1.807) is 12.1 Å². The number of hydrogen-bond acceptors (Lipinski definition) is 3. The minimum Gasteiger partial charge on any atom is -0.482 e. The Kier molecular flexibility index (Phi) is 4.21. The topological polar surface area (TPSA) is 35.5 Å². The van der Waals surface area contributed by atoms with Crippen molar-refractivity contribution in [3.63, 3.8) is 0 Å². The molecule has 0 saturated carbocycles. The van der Waals surface area contributed by atoms with E-state index in [1.165, 1.54) is 0 Å². The summed E-state index contributed by atoms with van der Waals surface area (Å²) < 4.78 is 12.0. The monoisotopic (exact) mass is 330 g/mol. The lowest BCUT2D eigenvalue weighted by atomic mass is 9.94. The molecule has 1 aliphatic rings. The summed E-state index contributed by atoms with van der Waals surface area (Å²) in [5.74, 6) is 0.526. The van der Waals surface area contributed by atoms with Gasteiger partial charge in [-0.3, -0.25) is 0 Å². The van der Waals surface area contributed by atoms with Crippen molar-refractivity contribution in [3.8, 4) is 5.75 Å². The summed E-state index contributed by atoms with van der Waals surface area (Å²) in [6, 6.07) is 26.9. The van der Waals surface area contributed by atoms with Gasteiger partial charge in [0.15, 0.2) is 6.10 Å². The average Bonchev–Trinajstić information content (AvgIpc) is 2.69. The molecule has 2 atom stereocenters. The van der Waals surface area contributed by atoms with Gasteiger partial charge >= 0.3 is 5.97 Å². The summed E-state index contributed by atoms with van der Waals surface area (Å²) in [6.45, 7) is 0. The fourth-order valence-electron chi connectivity index (χ4n) is 3.13. The van der Waals surface area contributed by atoms with Gasteiger partial charge in [-0.25, -0.2) is 4.79 Å². The molecule has 3 heteroatoms. The maximum Gasteiger partial charge on any atom is 0.338 e. The molecule has 1 aliphatic heterocycles. The predicted octanol–water partition coefficient (Wildman–Crippen LogP) is 4.59. The first-order chi connectivity index (χ1) is 12.3. The molecule has 0 fully saturated rings. The van der Waals surface area contributed by atoms with Gasteiger partial charge in [-0.05, 0) is 29.3 Å². The summed E-state index contributed by atoms with van der Waals surface area (Å²) >= 11 is 0. The molecule has 0 saturated heterocycles. The first kappa shape index (κ1) is 15.5. The highest BCUT2D eigenvalue weighted by atomic mass is 16.6. The number of esters is 1. The largest absolute Gasteiger partial charge is 0.482 e. The Labute approximate surface area is 146 Å². The van der Waals surface area contributed by atoms with Crippen molar-refractivity contribution in [1.29, 1.82) is 0 Å². The zero-order valence-electron chi connectivity index (χ0n) is 13.7. The first-order valence-corrected chi connectivity index (χ1v) is 8.37. The second kappa shape index (κ2) is 6.81. The van der Waals surface area contributed by atoms with Crippen LogP contribution >= 0.6 is 0 Å². The Morgan fingerprint density at radius 2 is 1.48 bits per heavy atom. The highest BCUT2D eigenvalue weighted by Crippen LogP contribution is 2.36. The fourth-order valence-corrected chi connectivity index (χ4v) is 3.13. The van der Waals surface area contributed by atoms with Crippen LogP contribution in [0.1, 0.15) is 27.6 Å². The average molecular weight is 330 g/mol. The molecule has 3 aromatic carbocycles. The molecule has 4 rings (SSSR count). The van der Waals surface area contributed by atoms with E-state index in [0.29, 0.717) is 12.0 Å². The zero-order valence-corrected chi connectivity index (χ0v) is 13.7. The number of rotatable bonds is 3. The molecule has 0 bridgehead atoms. The minimum absolute atomic E-state index is 0.316. The smallest absolute Gasteiger partial charge is 0.338 e. The van der Waals surface area contributed by atoms with E-state index in [2.05, 4.69) is 0 Å². The van der Waals surface area contributed by atoms with E-state index in [0.717, 1.165) is 16.9 Å². The van der Waals surface area contributed by atoms with Crippen LogP contribution in [0.2, 0.25) is 0 Å². The molecule has 3 aromatic rings. The third kappa shape index (κ3) is 3.26. The molecule has 0 amide bonds. The van der Waals surface area contributed by atoms with Crippen molar-refractivity contribution < 1.29 is 14.3 Å². The van der Waals surface area contributed by atoms with Crippen molar-refractivity contribution >= 4 is 5.97 Å². The molecule has 0 radical (unpaired) electrons. The zero-order chi connectivity index (χ0) is 17.1. The number of benzene rings is 3. The van der Waals surface area contributed by atoms with Crippen molar-refractivity contribution in [3.05, 3.63) is 102 Å². The van der Waals surface area contributed by atoms with Crippen LogP contribution in [0.5, 0.6) is 5.75 Å². The Morgan fingerprint density at radius 3 is 2.24 bits per heavy atom. The van der Waals surface area contributed by atoms with Crippen LogP contribution in [0, 0.1) is 0 Å². The molecular formula is C22H18O3. The lowest BCUT2D eigenvalue weighted by Crippen LogP contribution is -2.34. The van der Waals surface area contributed by atoms with E-state index in [9.17, 15) is 4.79 Å². The molecule has 0 aromatic heterocycles. The van der Waals surface area contributed by atoms with Crippen LogP contribution in [0.25, 0.3) is 0 Å². The Morgan fingerprint density at radius 1 is 0.840 bits per heavy atom. The summed E-state index contributed by atoms with van der Waals surface area (Å²) in [7, 11) is 0. The highest BCUT2D eigenvalue weighted by Gasteiger charge is 2.34. The number of hydrogen-bond donors (Lipinski definition) is 0. The van der Waals surface area contributed by atoms with Crippen LogP contribution in [-0.2, 0) is 11.2 Å². The van der Waals surface area contributed by atoms with Gasteiger partial charge in [-0.1, -0.05) is 66.7 Å². The van der Waals surface area contributed by atoms with Gasteiger partial charge in [0.2, 0.25) is 0 Å². The molecule has 124 valence electrons. The van der Waals surface area contributed by atoms with E-state index >= 15 is 0 Å². The van der Waals surface area contributed by atoms with Gasteiger partial charge < -0.3 is 9.47 Å². The van der Waals surface area contributed by atoms with E-state index < -0.39 is 0 Å². The van der Waals surface area contributed by atoms with Gasteiger partial charge in [0.05, 0.1) is 5.56 Å². The van der Waals surface area contributed by atoms with Crippen LogP contribution in [0.4, 0.5) is 0 Å². The van der Waals surface area contributed by atoms with Crippen molar-refractivity contribution in [1.82, 2.24) is 0 Å². The van der Waals surface area contributed by atoms with Gasteiger partial charge in [-0.2, -0.15) is 0 Å². The number of carbonyl (C=O) groups excluding carboxylic acids is 1. The van der Waals surface area contributed by atoms with Crippen LogP contribution < -0.4 is 4.74 Å². The summed E-state index contributed by atoms with van der Waals surface area (Å²) in [4.78, 5) is 12.5. The SMILES string of the molecule is O=C(OC1Cc2ccccc2OC1c1ccccc1)c1ccccc1. The standard InChI is InChI=1S/C22H18O3/c23-22(17-11-5-2-6-12-17)25-20-15-18-13-7-8-14-19(18)24-21(20)16-9-3-1-4-10-16/h1-14,20-21H,15H2. The van der Waals surface area contributed by atoms with Gasteiger partial charge in [0, 0.05) is 6.42 Å². The second-order valence-corrected chi connectivity index (χ2v) is 6.07. The molecule has 0 aliphatic carbocycles. The molecular weight excluding hydrogens is 312 g/mol. The fraction of sp³-hybridized carbons (Fsp3) is 0.136. The number of para-hydroxylation sites is 1. The van der Waals surface area contributed by atoms with Gasteiger partial charge in [0.1, 0.15) is 11.9 Å². The minimum atomic E-state index is -0.370. The first-order valence-electron chi connectivity index (χ1n) is 8.37. The van der Waals surface area contributed by atoms with Crippen molar-refractivity contribution in [2.75, 3.05) is 0 Å². The number of carbonyl (C=O) groups is 1. The summed E-state index contributed by atoms with van der Waals surface area (Å²) in [6.07, 6.45) is -0.0531. The third-order valence-corrected chi connectivity index (χ3v) is 4.38. The quantitative estimate of drug-likeness (QED) is 0.659. The van der Waals surface area contributed by atoms with Crippen molar-refractivity contribution in [2.45, 2.75) is 18.6 Å². The normalized spacial score (nSPS) is 18.7. The van der Waals surface area contributed by atoms with Crippen LogP contribution in [0.15, 0.2) is 84.9 Å². The van der Waals surface area contributed by atoms with E-state index in [-0.39, 0.29) is 18.2 Å². The predicted molar refractivity (Wildman–Crippen MR) is 95.6 cm³/mol. The lowest BCUT2D eigenvalue weighted by Gasteiger charge is -2.33. The molecule has 3 nitrogen and oxygen atoms in total. The number of fused-ring (bicyclic) bond motifs is 1. The maximum absolute atomic E-state index is 12.5. The van der Waals surface area contributed by atoms with Crippen LogP contribution in [0.3, 0.4) is 0 Å².